The average molecular weight is 272 g/mol. The molecule has 1 aromatic heterocycles. The van der Waals surface area contributed by atoms with Gasteiger partial charge in [0, 0.05) is 18.0 Å². The summed E-state index contributed by atoms with van der Waals surface area (Å²) in [4.78, 5) is 16.1. The van der Waals surface area contributed by atoms with E-state index >= 15 is 0 Å². The zero-order valence-corrected chi connectivity index (χ0v) is 11.1. The first-order chi connectivity index (χ1) is 9.74. The van der Waals surface area contributed by atoms with Gasteiger partial charge in [-0.15, -0.1) is 0 Å². The fraction of sp³-hybridized carbons (Fsp3) is 0.143. The summed E-state index contributed by atoms with van der Waals surface area (Å²) in [6.07, 6.45) is 3.03. The van der Waals surface area contributed by atoms with E-state index < -0.39 is 0 Å². The van der Waals surface area contributed by atoms with Crippen LogP contribution in [0.25, 0.3) is 0 Å². The Morgan fingerprint density at radius 2 is 2.25 bits per heavy atom. The smallest absolute Gasteiger partial charge is 0.257 e. The van der Waals surface area contributed by atoms with Gasteiger partial charge in [-0.1, -0.05) is 6.07 Å². The summed E-state index contributed by atoms with van der Waals surface area (Å²) in [5.74, 6) is 5.79. The Bertz CT molecular complexity index is 601. The molecule has 0 atom stereocenters. The Morgan fingerprint density at radius 1 is 1.40 bits per heavy atom. The zero-order valence-electron chi connectivity index (χ0n) is 11.1. The number of hydrazine groups is 1. The third-order valence-corrected chi connectivity index (χ3v) is 2.62. The number of amides is 1. The molecular weight excluding hydrogens is 256 g/mol. The minimum atomic E-state index is -0.269. The second-order valence-electron chi connectivity index (χ2n) is 3.98. The molecule has 20 heavy (non-hydrogen) atoms. The third kappa shape index (κ3) is 3.24. The van der Waals surface area contributed by atoms with E-state index in [2.05, 4.69) is 15.7 Å². The minimum Gasteiger partial charge on any atom is -0.494 e. The van der Waals surface area contributed by atoms with Crippen LogP contribution in [0.3, 0.4) is 0 Å². The van der Waals surface area contributed by atoms with Crippen molar-refractivity contribution in [1.82, 2.24) is 4.98 Å². The maximum absolute atomic E-state index is 12.2. The lowest BCUT2D eigenvalue weighted by Crippen LogP contribution is -2.17. The van der Waals surface area contributed by atoms with Gasteiger partial charge in [0.15, 0.2) is 0 Å². The van der Waals surface area contributed by atoms with Crippen LogP contribution >= 0.6 is 0 Å². The lowest BCUT2D eigenvalue weighted by atomic mass is 10.2. The van der Waals surface area contributed by atoms with Crippen molar-refractivity contribution in [1.29, 1.82) is 0 Å². The first kappa shape index (κ1) is 13.8. The molecule has 2 rings (SSSR count). The van der Waals surface area contributed by atoms with Crippen LogP contribution in [0.2, 0.25) is 0 Å². The number of aromatic nitrogens is 1. The maximum Gasteiger partial charge on any atom is 0.257 e. The number of rotatable bonds is 5. The molecule has 1 amide bonds. The molecule has 1 aromatic carbocycles. The van der Waals surface area contributed by atoms with Gasteiger partial charge >= 0.3 is 0 Å². The molecule has 2 aromatic rings. The Balaban J connectivity index is 2.17. The number of hydrogen-bond acceptors (Lipinski definition) is 5. The summed E-state index contributed by atoms with van der Waals surface area (Å²) < 4.78 is 5.39. The molecule has 6 nitrogen and oxygen atoms in total. The van der Waals surface area contributed by atoms with E-state index in [1.165, 1.54) is 12.4 Å². The van der Waals surface area contributed by atoms with Gasteiger partial charge in [0.05, 0.1) is 24.1 Å². The van der Waals surface area contributed by atoms with Gasteiger partial charge in [0.1, 0.15) is 5.75 Å². The van der Waals surface area contributed by atoms with Gasteiger partial charge in [-0.25, -0.2) is 0 Å². The van der Waals surface area contributed by atoms with Gasteiger partial charge in [0.2, 0.25) is 0 Å². The predicted octanol–water partition coefficient (Wildman–Crippen LogP) is 2.02. The number of nitrogens with zero attached hydrogens (tertiary/aromatic N) is 1. The SMILES string of the molecule is CCOc1cccc(NC(=O)c2ccncc2NN)c1. The summed E-state index contributed by atoms with van der Waals surface area (Å²) in [5, 5.41) is 2.79. The quantitative estimate of drug-likeness (QED) is 0.572. The predicted molar refractivity (Wildman–Crippen MR) is 77.6 cm³/mol. The number of carbonyl (C=O) groups excluding carboxylic acids is 1. The summed E-state index contributed by atoms with van der Waals surface area (Å²) >= 11 is 0. The molecule has 0 aliphatic heterocycles. The van der Waals surface area contributed by atoms with Crippen LogP contribution in [0.15, 0.2) is 42.7 Å². The van der Waals surface area contributed by atoms with Gasteiger partial charge in [-0.2, -0.15) is 0 Å². The number of nitrogens with one attached hydrogen (secondary N) is 2. The normalized spacial score (nSPS) is 9.90. The summed E-state index contributed by atoms with van der Waals surface area (Å²) in [7, 11) is 0. The summed E-state index contributed by atoms with van der Waals surface area (Å²) in [5.41, 5.74) is 3.98. The molecule has 6 heteroatoms. The highest BCUT2D eigenvalue weighted by Crippen LogP contribution is 2.19. The third-order valence-electron chi connectivity index (χ3n) is 2.62. The number of anilines is 2. The Labute approximate surface area is 116 Å². The highest BCUT2D eigenvalue weighted by Gasteiger charge is 2.11. The molecule has 0 aliphatic rings. The second-order valence-corrected chi connectivity index (χ2v) is 3.98. The molecule has 0 saturated heterocycles. The monoisotopic (exact) mass is 272 g/mol. The Hall–Kier alpha value is -2.60. The van der Waals surface area contributed by atoms with Crippen molar-refractivity contribution in [2.24, 2.45) is 5.84 Å². The van der Waals surface area contributed by atoms with Gasteiger partial charge < -0.3 is 15.5 Å². The van der Waals surface area contributed by atoms with E-state index in [9.17, 15) is 4.79 Å². The standard InChI is InChI=1S/C14H16N4O2/c1-2-20-11-5-3-4-10(8-11)17-14(19)12-6-7-16-9-13(12)18-15/h3-9,18H,2,15H2,1H3,(H,17,19). The van der Waals surface area contributed by atoms with Crippen LogP contribution in [-0.2, 0) is 0 Å². The largest absolute Gasteiger partial charge is 0.494 e. The molecule has 0 radical (unpaired) electrons. The average Bonchev–Trinajstić information content (AvgIpc) is 2.48. The lowest BCUT2D eigenvalue weighted by molar-refractivity contribution is 0.102. The fourth-order valence-corrected chi connectivity index (χ4v) is 1.74. The molecule has 0 bridgehead atoms. The first-order valence-electron chi connectivity index (χ1n) is 6.19. The van der Waals surface area contributed by atoms with Crippen LogP contribution in [0.5, 0.6) is 5.75 Å². The minimum absolute atomic E-state index is 0.269. The molecule has 4 N–H and O–H groups in total. The molecular formula is C14H16N4O2. The molecule has 0 fully saturated rings. The van der Waals surface area contributed by atoms with E-state index in [1.54, 1.807) is 18.2 Å². The topological polar surface area (TPSA) is 89.3 Å². The summed E-state index contributed by atoms with van der Waals surface area (Å²) in [6.45, 7) is 2.48. The van der Waals surface area contributed by atoms with Crippen molar-refractivity contribution >= 4 is 17.3 Å². The number of pyridine rings is 1. The Morgan fingerprint density at radius 3 is 3.00 bits per heavy atom. The van der Waals surface area contributed by atoms with Crippen molar-refractivity contribution in [2.45, 2.75) is 6.92 Å². The van der Waals surface area contributed by atoms with Crippen LogP contribution < -0.4 is 21.3 Å². The van der Waals surface area contributed by atoms with Gasteiger partial charge in [0.25, 0.3) is 5.91 Å². The van der Waals surface area contributed by atoms with Crippen molar-refractivity contribution in [3.8, 4) is 5.75 Å². The highest BCUT2D eigenvalue weighted by atomic mass is 16.5. The van der Waals surface area contributed by atoms with Crippen molar-refractivity contribution in [2.75, 3.05) is 17.3 Å². The van der Waals surface area contributed by atoms with Crippen molar-refractivity contribution in [3.63, 3.8) is 0 Å². The van der Waals surface area contributed by atoms with Crippen LogP contribution in [0, 0.1) is 0 Å². The van der Waals surface area contributed by atoms with E-state index in [0.717, 1.165) is 0 Å². The molecule has 0 unspecified atom stereocenters. The number of carbonyl (C=O) groups is 1. The van der Waals surface area contributed by atoms with Crippen molar-refractivity contribution < 1.29 is 9.53 Å². The number of hydrogen-bond donors (Lipinski definition) is 3. The van der Waals surface area contributed by atoms with E-state index in [0.29, 0.717) is 29.3 Å². The Kier molecular flexibility index (Phi) is 4.52. The fourth-order valence-electron chi connectivity index (χ4n) is 1.74. The van der Waals surface area contributed by atoms with E-state index in [1.807, 2.05) is 19.1 Å². The first-order valence-corrected chi connectivity index (χ1v) is 6.19. The van der Waals surface area contributed by atoms with Crippen LogP contribution in [0.4, 0.5) is 11.4 Å². The van der Waals surface area contributed by atoms with Crippen molar-refractivity contribution in [3.05, 3.63) is 48.3 Å². The highest BCUT2D eigenvalue weighted by molar-refractivity contribution is 6.07. The number of nitrogens with two attached hydrogens (primary N) is 1. The number of ether oxygens (including phenoxy) is 1. The van der Waals surface area contributed by atoms with E-state index in [-0.39, 0.29) is 5.91 Å². The van der Waals surface area contributed by atoms with Gasteiger partial charge in [-0.3, -0.25) is 15.6 Å². The molecule has 0 saturated carbocycles. The van der Waals surface area contributed by atoms with Gasteiger partial charge in [-0.05, 0) is 25.1 Å². The maximum atomic E-state index is 12.2. The zero-order chi connectivity index (χ0) is 14.4. The molecule has 1 heterocycles. The molecule has 104 valence electrons. The molecule has 0 spiro atoms. The number of benzene rings is 1. The molecule has 0 aliphatic carbocycles. The number of nitrogen functional groups attached to an aromatic ring is 1. The van der Waals surface area contributed by atoms with E-state index in [4.69, 9.17) is 10.6 Å². The second kappa shape index (κ2) is 6.53. The summed E-state index contributed by atoms with van der Waals surface area (Å²) in [6, 6.07) is 8.79. The van der Waals surface area contributed by atoms with Crippen LogP contribution in [-0.4, -0.2) is 17.5 Å². The lowest BCUT2D eigenvalue weighted by Gasteiger charge is -2.10. The van der Waals surface area contributed by atoms with Crippen LogP contribution in [0.1, 0.15) is 17.3 Å².